The van der Waals surface area contributed by atoms with Gasteiger partial charge in [-0.15, -0.1) is 0 Å². The van der Waals surface area contributed by atoms with E-state index in [9.17, 15) is 22.8 Å². The highest BCUT2D eigenvalue weighted by molar-refractivity contribution is 7.91. The fraction of sp³-hybridized carbons (Fsp3) is 0.276. The van der Waals surface area contributed by atoms with Crippen LogP contribution in [0.25, 0.3) is 0 Å². The number of hydrogen-bond acceptors (Lipinski definition) is 6. The van der Waals surface area contributed by atoms with Crippen LogP contribution in [-0.4, -0.2) is 43.7 Å². The molecule has 3 amide bonds. The van der Waals surface area contributed by atoms with Crippen molar-refractivity contribution in [1.29, 1.82) is 0 Å². The van der Waals surface area contributed by atoms with Gasteiger partial charge in [0.1, 0.15) is 17.5 Å². The molecule has 41 heavy (non-hydrogen) atoms. The molecule has 0 aromatic heterocycles. The Kier molecular flexibility index (Phi) is 8.69. The second-order valence-corrected chi connectivity index (χ2v) is 12.9. The van der Waals surface area contributed by atoms with Crippen LogP contribution in [0.4, 0.5) is 14.9 Å². The molecule has 0 spiro atoms. The number of sulfone groups is 1. The number of halogens is 2. The third-order valence-electron chi connectivity index (χ3n) is 6.11. The van der Waals surface area contributed by atoms with Crippen LogP contribution in [0.1, 0.15) is 42.3 Å². The second kappa shape index (κ2) is 11.9. The summed E-state index contributed by atoms with van der Waals surface area (Å²) in [7, 11) is -4.33. The minimum atomic E-state index is -4.33. The summed E-state index contributed by atoms with van der Waals surface area (Å²) in [6, 6.07) is 15.7. The quantitative estimate of drug-likeness (QED) is 0.425. The third-order valence-corrected chi connectivity index (χ3v) is 8.13. The number of carbonyl (C=O) groups is 3. The molecule has 12 heteroatoms. The fourth-order valence-electron chi connectivity index (χ4n) is 4.23. The Bertz CT molecular complexity index is 1570. The van der Waals surface area contributed by atoms with Crippen molar-refractivity contribution in [3.63, 3.8) is 0 Å². The maximum absolute atomic E-state index is 15.3. The number of benzene rings is 3. The minimum Gasteiger partial charge on any atom is -0.444 e. The maximum Gasteiger partial charge on any atom is 0.408 e. The number of rotatable bonds is 6. The van der Waals surface area contributed by atoms with Gasteiger partial charge in [-0.05, 0) is 56.2 Å². The lowest BCUT2D eigenvalue weighted by Gasteiger charge is -2.27. The molecular weight excluding hydrogens is 573 g/mol. The first-order valence-electron chi connectivity index (χ1n) is 12.7. The Morgan fingerprint density at radius 1 is 1.05 bits per heavy atom. The molecule has 1 atom stereocenters. The van der Waals surface area contributed by atoms with Gasteiger partial charge >= 0.3 is 6.09 Å². The normalized spacial score (nSPS) is 16.4. The summed E-state index contributed by atoms with van der Waals surface area (Å²) in [6.45, 7) is 4.81. The van der Waals surface area contributed by atoms with Crippen molar-refractivity contribution in [3.05, 3.63) is 94.3 Å². The van der Waals surface area contributed by atoms with Crippen LogP contribution in [0.15, 0.2) is 71.6 Å². The average molecular weight is 602 g/mol. The Morgan fingerprint density at radius 3 is 2.34 bits per heavy atom. The molecule has 3 aromatic carbocycles. The summed E-state index contributed by atoms with van der Waals surface area (Å²) in [6.07, 6.45) is -0.990. The van der Waals surface area contributed by atoms with E-state index in [1.807, 2.05) is 6.07 Å². The topological polar surface area (TPSA) is 122 Å². The zero-order valence-electron chi connectivity index (χ0n) is 22.6. The second-order valence-electron chi connectivity index (χ2n) is 10.5. The van der Waals surface area contributed by atoms with Gasteiger partial charge in [0.05, 0.1) is 28.4 Å². The highest BCUT2D eigenvalue weighted by Crippen LogP contribution is 2.34. The highest BCUT2D eigenvalue weighted by Gasteiger charge is 2.40. The van der Waals surface area contributed by atoms with Crippen LogP contribution in [0.5, 0.6) is 0 Å². The van der Waals surface area contributed by atoms with Gasteiger partial charge in [0.15, 0.2) is 9.84 Å². The molecule has 2 N–H and O–H groups in total. The van der Waals surface area contributed by atoms with E-state index in [0.29, 0.717) is 10.6 Å². The van der Waals surface area contributed by atoms with Crippen LogP contribution in [-0.2, 0) is 32.5 Å². The number of nitrogens with one attached hydrogen (secondary N) is 2. The van der Waals surface area contributed by atoms with Gasteiger partial charge in [-0.2, -0.15) is 0 Å². The fourth-order valence-corrected chi connectivity index (χ4v) is 5.97. The minimum absolute atomic E-state index is 0.101. The van der Waals surface area contributed by atoms with Crippen LogP contribution >= 0.6 is 11.6 Å². The highest BCUT2D eigenvalue weighted by atomic mass is 35.5. The molecule has 1 heterocycles. The maximum atomic E-state index is 15.3. The summed E-state index contributed by atoms with van der Waals surface area (Å²) < 4.78 is 47.4. The zero-order chi connectivity index (χ0) is 29.9. The number of carbonyl (C=O) groups excluding carboxylic acids is 3. The first-order valence-corrected chi connectivity index (χ1v) is 14.7. The molecule has 4 rings (SSSR count). The summed E-state index contributed by atoms with van der Waals surface area (Å²) in [5.41, 5.74) is -0.196. The van der Waals surface area contributed by atoms with Crippen molar-refractivity contribution in [2.45, 2.75) is 50.4 Å². The lowest BCUT2D eigenvalue weighted by Crippen LogP contribution is -2.51. The average Bonchev–Trinajstić information content (AvgIpc) is 2.96. The summed E-state index contributed by atoms with van der Waals surface area (Å²) >= 11 is 6.00. The van der Waals surface area contributed by atoms with Gasteiger partial charge in [-0.1, -0.05) is 54.1 Å². The summed E-state index contributed by atoms with van der Waals surface area (Å²) in [4.78, 5) is 40.0. The number of hydrogen-bond donors (Lipinski definition) is 2. The molecule has 0 saturated heterocycles. The van der Waals surface area contributed by atoms with E-state index in [1.165, 1.54) is 0 Å². The largest absolute Gasteiger partial charge is 0.444 e. The molecule has 0 unspecified atom stereocenters. The molecule has 1 aliphatic heterocycles. The van der Waals surface area contributed by atoms with Crippen molar-refractivity contribution in [2.75, 3.05) is 10.7 Å². The van der Waals surface area contributed by atoms with Crippen molar-refractivity contribution in [2.24, 2.45) is 0 Å². The number of ether oxygens (including phenoxy) is 1. The lowest BCUT2D eigenvalue weighted by atomic mass is 10.1. The number of fused-ring (bicyclic) bond motifs is 1. The Balaban J connectivity index is 1.76. The van der Waals surface area contributed by atoms with E-state index in [-0.39, 0.29) is 18.8 Å². The van der Waals surface area contributed by atoms with E-state index in [2.05, 4.69) is 10.6 Å². The first-order chi connectivity index (χ1) is 19.2. The monoisotopic (exact) mass is 601 g/mol. The first kappa shape index (κ1) is 30.0. The third kappa shape index (κ3) is 7.42. The van der Waals surface area contributed by atoms with Gasteiger partial charge in [-0.3, -0.25) is 9.59 Å². The van der Waals surface area contributed by atoms with Gasteiger partial charge in [0.25, 0.3) is 11.8 Å². The van der Waals surface area contributed by atoms with Crippen molar-refractivity contribution < 1.29 is 31.9 Å². The van der Waals surface area contributed by atoms with Gasteiger partial charge < -0.3 is 20.3 Å². The number of nitrogens with zero attached hydrogens (tertiary/aromatic N) is 1. The van der Waals surface area contributed by atoms with Crippen LogP contribution in [0, 0.1) is 5.82 Å². The Hall–Kier alpha value is -3.96. The van der Waals surface area contributed by atoms with Crippen molar-refractivity contribution in [3.8, 4) is 0 Å². The molecule has 0 fully saturated rings. The van der Waals surface area contributed by atoms with Crippen molar-refractivity contribution >= 4 is 45.0 Å². The molecule has 0 saturated carbocycles. The van der Waals surface area contributed by atoms with E-state index in [1.54, 1.807) is 69.3 Å². The molecule has 0 radical (unpaired) electrons. The number of anilines is 1. The van der Waals surface area contributed by atoms with Crippen molar-refractivity contribution in [1.82, 2.24) is 10.6 Å². The smallest absolute Gasteiger partial charge is 0.408 e. The Morgan fingerprint density at radius 2 is 1.71 bits per heavy atom. The zero-order valence-corrected chi connectivity index (χ0v) is 24.2. The van der Waals surface area contributed by atoms with Gasteiger partial charge in [-0.25, -0.2) is 17.6 Å². The van der Waals surface area contributed by atoms with E-state index in [0.717, 1.165) is 22.6 Å². The molecular formula is C29H29ClFN3O6S. The van der Waals surface area contributed by atoms with Crippen LogP contribution in [0.3, 0.4) is 0 Å². The molecule has 0 bridgehead atoms. The molecule has 0 aliphatic carbocycles. The molecule has 3 aromatic rings. The SMILES string of the molecule is CC(C)(C)OC(=O)N[C@H]1CS(=O)(=O)c2cc(F)c(C(=O)NCc3ccccc3)cc2N(Cc2ccc(Cl)cc2)C1=O. The summed E-state index contributed by atoms with van der Waals surface area (Å²) in [5, 5.41) is 5.41. The van der Waals surface area contributed by atoms with E-state index >= 15 is 4.39 Å². The number of alkyl carbamates (subject to hydrolysis) is 1. The van der Waals surface area contributed by atoms with E-state index in [4.69, 9.17) is 16.3 Å². The standard InChI is InChI=1S/C29H29ClFN3O6S/c1-29(2,3)40-28(37)33-23-17-41(38,39)25-14-22(31)21(26(35)32-15-18-7-5-4-6-8-18)13-24(25)34(27(23)36)16-19-9-11-20(30)12-10-19/h4-14,23H,15-17H2,1-3H3,(H,32,35)(H,33,37)/t23-/m0/s1. The van der Waals surface area contributed by atoms with Crippen LogP contribution in [0.2, 0.25) is 5.02 Å². The predicted octanol–water partition coefficient (Wildman–Crippen LogP) is 4.62. The summed E-state index contributed by atoms with van der Waals surface area (Å²) in [5.74, 6) is -3.49. The van der Waals surface area contributed by atoms with Gasteiger partial charge in [0.2, 0.25) is 0 Å². The van der Waals surface area contributed by atoms with Gasteiger partial charge in [0, 0.05) is 11.6 Å². The molecule has 216 valence electrons. The van der Waals surface area contributed by atoms with E-state index < -0.39 is 61.4 Å². The van der Waals surface area contributed by atoms with Crippen LogP contribution < -0.4 is 15.5 Å². The lowest BCUT2D eigenvalue weighted by molar-refractivity contribution is -0.120. The molecule has 9 nitrogen and oxygen atoms in total. The number of amides is 3. The predicted molar refractivity (Wildman–Crippen MR) is 152 cm³/mol. The Labute approximate surface area is 242 Å². The molecule has 1 aliphatic rings.